The Kier molecular flexibility index (Phi) is 5.51. The number of aryl methyl sites for hydroxylation is 1. The van der Waals surface area contributed by atoms with Crippen LogP contribution in [0.2, 0.25) is 0 Å². The van der Waals surface area contributed by atoms with E-state index in [1.165, 1.54) is 0 Å². The zero-order valence-electron chi connectivity index (χ0n) is 15.7. The molecule has 0 aromatic carbocycles. The normalized spacial score (nSPS) is 28.2. The molecule has 2 atom stereocenters. The van der Waals surface area contributed by atoms with E-state index >= 15 is 0 Å². The average molecular weight is 349 g/mol. The third-order valence-electron chi connectivity index (χ3n) is 5.81. The third kappa shape index (κ3) is 4.07. The van der Waals surface area contributed by atoms with Crippen LogP contribution in [0.1, 0.15) is 24.4 Å². The highest BCUT2D eigenvalue weighted by Gasteiger charge is 2.53. The monoisotopic (exact) mass is 349 g/mol. The van der Waals surface area contributed by atoms with E-state index in [1.54, 1.807) is 0 Å². The number of fused-ring (bicyclic) bond motifs is 1. The number of nitrogens with zero attached hydrogens (tertiary/aromatic N) is 3. The summed E-state index contributed by atoms with van der Waals surface area (Å²) in [5.41, 5.74) is -0.583. The molecule has 0 bridgehead atoms. The van der Waals surface area contributed by atoms with Gasteiger partial charge >= 0.3 is 5.97 Å². The SMILES string of the molecule is Cc1ccc(CN2CCC[C@]3(C(=O)O)CN(CCN(C)C)C[C@@H]3C2)o1. The lowest BCUT2D eigenvalue weighted by atomic mass is 9.75. The van der Waals surface area contributed by atoms with Gasteiger partial charge in [-0.2, -0.15) is 0 Å². The highest BCUT2D eigenvalue weighted by atomic mass is 16.4. The molecule has 1 aromatic heterocycles. The second-order valence-electron chi connectivity index (χ2n) is 8.05. The van der Waals surface area contributed by atoms with Crippen molar-refractivity contribution in [3.63, 3.8) is 0 Å². The lowest BCUT2D eigenvalue weighted by molar-refractivity contribution is -0.151. The Bertz CT molecular complexity index is 600. The number of rotatable bonds is 6. The van der Waals surface area contributed by atoms with E-state index in [0.717, 1.165) is 63.6 Å². The number of carbonyl (C=O) groups is 1. The molecular formula is C19H31N3O3. The van der Waals surface area contributed by atoms with Crippen molar-refractivity contribution in [2.75, 3.05) is 53.4 Å². The molecule has 3 rings (SSSR count). The van der Waals surface area contributed by atoms with Crippen molar-refractivity contribution in [2.24, 2.45) is 11.3 Å². The molecule has 0 amide bonds. The summed E-state index contributed by atoms with van der Waals surface area (Å²) in [5, 5.41) is 10.0. The number of hydrogen-bond donors (Lipinski definition) is 1. The predicted octanol–water partition coefficient (Wildman–Crippen LogP) is 1.75. The maximum absolute atomic E-state index is 12.2. The van der Waals surface area contributed by atoms with Gasteiger partial charge in [0.2, 0.25) is 0 Å². The molecule has 0 radical (unpaired) electrons. The average Bonchev–Trinajstić information content (AvgIpc) is 3.05. The molecule has 25 heavy (non-hydrogen) atoms. The minimum Gasteiger partial charge on any atom is -0.481 e. The summed E-state index contributed by atoms with van der Waals surface area (Å²) in [6, 6.07) is 4.02. The van der Waals surface area contributed by atoms with Crippen molar-refractivity contribution in [3.8, 4) is 0 Å². The topological polar surface area (TPSA) is 60.2 Å². The van der Waals surface area contributed by atoms with E-state index < -0.39 is 11.4 Å². The van der Waals surface area contributed by atoms with Crippen LogP contribution in [-0.2, 0) is 11.3 Å². The number of likely N-dealkylation sites (N-methyl/N-ethyl adjacent to an activating group) is 1. The molecule has 0 saturated carbocycles. The summed E-state index contributed by atoms with van der Waals surface area (Å²) < 4.78 is 5.72. The molecule has 0 spiro atoms. The molecule has 6 heteroatoms. The van der Waals surface area contributed by atoms with E-state index in [1.807, 2.05) is 19.1 Å². The Morgan fingerprint density at radius 3 is 2.76 bits per heavy atom. The maximum Gasteiger partial charge on any atom is 0.311 e. The standard InChI is InChI=1S/C19H31N3O3/c1-15-5-6-17(25-15)13-21-8-4-7-19(18(23)24)14-22(10-9-20(2)3)12-16(19)11-21/h5-6,16H,4,7-14H2,1-3H3,(H,23,24)/t16-,19-/m0/s1. The first-order chi connectivity index (χ1) is 11.9. The fourth-order valence-electron chi connectivity index (χ4n) is 4.41. The minimum absolute atomic E-state index is 0.186. The van der Waals surface area contributed by atoms with E-state index in [9.17, 15) is 9.90 Å². The van der Waals surface area contributed by atoms with Crippen LogP contribution in [0.5, 0.6) is 0 Å². The quantitative estimate of drug-likeness (QED) is 0.844. The molecule has 2 aliphatic heterocycles. The van der Waals surface area contributed by atoms with Crippen molar-refractivity contribution in [1.82, 2.24) is 14.7 Å². The molecular weight excluding hydrogens is 318 g/mol. The van der Waals surface area contributed by atoms with Crippen molar-refractivity contribution in [2.45, 2.75) is 26.3 Å². The minimum atomic E-state index is -0.611. The Labute approximate surface area is 150 Å². The number of hydrogen-bond acceptors (Lipinski definition) is 5. The molecule has 2 aliphatic rings. The molecule has 1 aromatic rings. The summed E-state index contributed by atoms with van der Waals surface area (Å²) in [4.78, 5) is 19.1. The first-order valence-corrected chi connectivity index (χ1v) is 9.27. The van der Waals surface area contributed by atoms with Gasteiger partial charge in [0.05, 0.1) is 12.0 Å². The zero-order valence-corrected chi connectivity index (χ0v) is 15.7. The fraction of sp³-hybridized carbons (Fsp3) is 0.737. The summed E-state index contributed by atoms with van der Waals surface area (Å²) in [7, 11) is 4.13. The van der Waals surface area contributed by atoms with Crippen molar-refractivity contribution >= 4 is 5.97 Å². The fourth-order valence-corrected chi connectivity index (χ4v) is 4.41. The van der Waals surface area contributed by atoms with E-state index in [4.69, 9.17) is 4.42 Å². The van der Waals surface area contributed by atoms with Gasteiger partial charge < -0.3 is 19.3 Å². The van der Waals surface area contributed by atoms with Crippen LogP contribution in [0.3, 0.4) is 0 Å². The second kappa shape index (κ2) is 7.48. The predicted molar refractivity (Wildman–Crippen MR) is 96.5 cm³/mol. The van der Waals surface area contributed by atoms with Crippen molar-refractivity contribution in [3.05, 3.63) is 23.7 Å². The summed E-state index contributed by atoms with van der Waals surface area (Å²) in [6.07, 6.45) is 1.71. The van der Waals surface area contributed by atoms with Gasteiger partial charge in [-0.05, 0) is 52.5 Å². The van der Waals surface area contributed by atoms with Crippen LogP contribution >= 0.6 is 0 Å². The number of likely N-dealkylation sites (tertiary alicyclic amines) is 2. The molecule has 1 N–H and O–H groups in total. The Morgan fingerprint density at radius 1 is 1.36 bits per heavy atom. The molecule has 0 aliphatic carbocycles. The second-order valence-corrected chi connectivity index (χ2v) is 8.05. The number of carboxylic acid groups (broad SMARTS) is 1. The van der Waals surface area contributed by atoms with Gasteiger partial charge in [-0.15, -0.1) is 0 Å². The molecule has 3 heterocycles. The number of aliphatic carboxylic acids is 1. The van der Waals surface area contributed by atoms with Crippen LogP contribution < -0.4 is 0 Å². The Hall–Kier alpha value is -1.37. The van der Waals surface area contributed by atoms with Gasteiger partial charge in [0, 0.05) is 38.6 Å². The molecule has 2 saturated heterocycles. The van der Waals surface area contributed by atoms with Gasteiger partial charge in [-0.3, -0.25) is 9.69 Å². The third-order valence-corrected chi connectivity index (χ3v) is 5.81. The van der Waals surface area contributed by atoms with Crippen molar-refractivity contribution in [1.29, 1.82) is 0 Å². The van der Waals surface area contributed by atoms with Gasteiger partial charge in [0.1, 0.15) is 11.5 Å². The van der Waals surface area contributed by atoms with E-state index in [2.05, 4.69) is 28.8 Å². The lowest BCUT2D eigenvalue weighted by Gasteiger charge is -2.29. The smallest absolute Gasteiger partial charge is 0.311 e. The van der Waals surface area contributed by atoms with Crippen molar-refractivity contribution < 1.29 is 14.3 Å². The van der Waals surface area contributed by atoms with E-state index in [-0.39, 0.29) is 5.92 Å². The largest absolute Gasteiger partial charge is 0.481 e. The highest BCUT2D eigenvalue weighted by molar-refractivity contribution is 5.76. The summed E-state index contributed by atoms with van der Waals surface area (Å²) in [5.74, 6) is 1.48. The van der Waals surface area contributed by atoms with Gasteiger partial charge in [0.25, 0.3) is 0 Å². The first-order valence-electron chi connectivity index (χ1n) is 9.27. The first kappa shape index (κ1) is 18.4. The molecule has 140 valence electrons. The van der Waals surface area contributed by atoms with Crippen LogP contribution in [0.15, 0.2) is 16.5 Å². The van der Waals surface area contributed by atoms with Crippen LogP contribution in [0, 0.1) is 18.3 Å². The highest BCUT2D eigenvalue weighted by Crippen LogP contribution is 2.43. The van der Waals surface area contributed by atoms with Gasteiger partial charge in [0.15, 0.2) is 0 Å². The molecule has 0 unspecified atom stereocenters. The van der Waals surface area contributed by atoms with Crippen LogP contribution in [-0.4, -0.2) is 79.1 Å². The lowest BCUT2D eigenvalue weighted by Crippen LogP contribution is -2.41. The van der Waals surface area contributed by atoms with Crippen LogP contribution in [0.25, 0.3) is 0 Å². The van der Waals surface area contributed by atoms with Gasteiger partial charge in [-0.25, -0.2) is 0 Å². The van der Waals surface area contributed by atoms with Gasteiger partial charge in [-0.1, -0.05) is 0 Å². The summed E-state index contributed by atoms with van der Waals surface area (Å²) in [6.45, 7) is 8.00. The van der Waals surface area contributed by atoms with Crippen LogP contribution in [0.4, 0.5) is 0 Å². The molecule has 6 nitrogen and oxygen atoms in total. The summed E-state index contributed by atoms with van der Waals surface area (Å²) >= 11 is 0. The number of furan rings is 1. The molecule has 2 fully saturated rings. The Balaban J connectivity index is 1.70. The Morgan fingerprint density at radius 2 is 2.12 bits per heavy atom. The maximum atomic E-state index is 12.2. The van der Waals surface area contributed by atoms with E-state index in [0.29, 0.717) is 6.54 Å². The number of carboxylic acids is 1. The zero-order chi connectivity index (χ0) is 18.0.